The number of rotatable bonds is 5. The fourth-order valence-corrected chi connectivity index (χ4v) is 3.88. The number of carbonyl (C=O) groups excluding carboxylic acids is 2. The fourth-order valence-electron chi connectivity index (χ4n) is 3.88. The molecule has 5 aromatic rings. The zero-order valence-electron chi connectivity index (χ0n) is 19.2. The second-order valence-electron chi connectivity index (χ2n) is 7.62. The maximum Gasteiger partial charge on any atom is 0.519 e. The lowest BCUT2D eigenvalue weighted by atomic mass is 10.00. The molecule has 0 amide bonds. The van der Waals surface area contributed by atoms with Crippen LogP contribution in [0.25, 0.3) is 21.5 Å². The van der Waals surface area contributed by atoms with Crippen LogP contribution in [0, 0.1) is 0 Å². The van der Waals surface area contributed by atoms with Crippen molar-refractivity contribution in [2.24, 2.45) is 0 Å². The van der Waals surface area contributed by atoms with Crippen molar-refractivity contribution in [3.63, 3.8) is 0 Å². The minimum absolute atomic E-state index is 0.211. The highest BCUT2D eigenvalue weighted by Crippen LogP contribution is 2.46. The van der Waals surface area contributed by atoms with E-state index < -0.39 is 12.3 Å². The van der Waals surface area contributed by atoms with E-state index in [2.05, 4.69) is 0 Å². The molecular weight excluding hydrogens is 460 g/mol. The number of hydrogen-bond donors (Lipinski definition) is 0. The second kappa shape index (κ2) is 10.1. The highest BCUT2D eigenvalue weighted by molar-refractivity contribution is 6.14. The van der Waals surface area contributed by atoms with Crippen LogP contribution in [0.1, 0.15) is 0 Å². The normalized spacial score (nSPS) is 10.6. The van der Waals surface area contributed by atoms with Crippen LogP contribution in [-0.4, -0.2) is 19.4 Å². The zero-order valence-corrected chi connectivity index (χ0v) is 19.2. The van der Waals surface area contributed by atoms with Crippen molar-refractivity contribution >= 4 is 33.9 Å². The van der Waals surface area contributed by atoms with Gasteiger partial charge in [-0.3, -0.25) is 0 Å². The Bertz CT molecular complexity index is 1550. The molecule has 7 heteroatoms. The molecule has 0 saturated carbocycles. The predicted octanol–water partition coefficient (Wildman–Crippen LogP) is 7.16. The number of para-hydroxylation sites is 2. The lowest BCUT2D eigenvalue weighted by Gasteiger charge is -2.17. The summed E-state index contributed by atoms with van der Waals surface area (Å²) in [7, 11) is 1.50. The number of benzene rings is 5. The number of fused-ring (bicyclic) bond motifs is 2. The average molecular weight is 480 g/mol. The molecule has 0 bridgehead atoms. The second-order valence-corrected chi connectivity index (χ2v) is 7.62. The van der Waals surface area contributed by atoms with E-state index in [0.717, 1.165) is 0 Å². The summed E-state index contributed by atoms with van der Waals surface area (Å²) < 4.78 is 27.7. The van der Waals surface area contributed by atoms with Gasteiger partial charge < -0.3 is 23.7 Å². The summed E-state index contributed by atoms with van der Waals surface area (Å²) in [5.41, 5.74) is 0. The standard InChI is InChI=1S/C29H20O7/c1-32-24-18-10-17-23-25(24)27(36-29(31)34-20-13-6-3-7-14-20)22-16-9-8-15-21(22)26(23)35-28(30)33-19-11-4-2-5-12-19/h2-18H,1H3. The summed E-state index contributed by atoms with van der Waals surface area (Å²) in [6, 6.07) is 29.5. The van der Waals surface area contributed by atoms with Crippen LogP contribution in [0.3, 0.4) is 0 Å². The molecular formula is C29H20O7. The van der Waals surface area contributed by atoms with E-state index >= 15 is 0 Å². The van der Waals surface area contributed by atoms with Crippen molar-refractivity contribution in [1.29, 1.82) is 0 Å². The Labute approximate surface area is 206 Å². The molecule has 0 spiro atoms. The summed E-state index contributed by atoms with van der Waals surface area (Å²) in [5, 5.41) is 1.97. The molecule has 0 aromatic heterocycles. The summed E-state index contributed by atoms with van der Waals surface area (Å²) in [6.07, 6.45) is -1.83. The Morgan fingerprint density at radius 1 is 0.500 bits per heavy atom. The van der Waals surface area contributed by atoms with Gasteiger partial charge in [0.1, 0.15) is 17.2 Å². The Balaban J connectivity index is 1.61. The van der Waals surface area contributed by atoms with Crippen molar-refractivity contribution in [3.8, 4) is 28.7 Å². The molecule has 0 heterocycles. The quantitative estimate of drug-likeness (QED) is 0.150. The molecule has 0 aliphatic heterocycles. The minimum atomic E-state index is -0.921. The maximum atomic E-state index is 12.7. The van der Waals surface area contributed by atoms with Crippen molar-refractivity contribution in [2.75, 3.05) is 7.11 Å². The van der Waals surface area contributed by atoms with Crippen molar-refractivity contribution in [3.05, 3.63) is 103 Å². The lowest BCUT2D eigenvalue weighted by molar-refractivity contribution is 0.151. The third-order valence-corrected chi connectivity index (χ3v) is 5.39. The van der Waals surface area contributed by atoms with E-state index in [1.165, 1.54) is 7.11 Å². The first-order chi connectivity index (χ1) is 17.6. The van der Waals surface area contributed by atoms with Crippen LogP contribution < -0.4 is 23.7 Å². The van der Waals surface area contributed by atoms with Gasteiger partial charge in [-0.2, -0.15) is 0 Å². The summed E-state index contributed by atoms with van der Waals surface area (Å²) in [6.45, 7) is 0. The van der Waals surface area contributed by atoms with E-state index in [1.54, 1.807) is 91.0 Å². The zero-order chi connectivity index (χ0) is 24.9. The third kappa shape index (κ3) is 4.63. The SMILES string of the molecule is COc1cccc2c(OC(=O)Oc3ccccc3)c3ccccc3c(OC(=O)Oc3ccccc3)c12. The van der Waals surface area contributed by atoms with E-state index in [-0.39, 0.29) is 11.5 Å². The molecule has 0 aliphatic carbocycles. The van der Waals surface area contributed by atoms with Gasteiger partial charge in [-0.15, -0.1) is 0 Å². The first kappa shape index (κ1) is 22.7. The third-order valence-electron chi connectivity index (χ3n) is 5.39. The lowest BCUT2D eigenvalue weighted by Crippen LogP contribution is -2.16. The molecule has 0 saturated heterocycles. The molecule has 5 rings (SSSR count). The molecule has 7 nitrogen and oxygen atoms in total. The predicted molar refractivity (Wildman–Crippen MR) is 134 cm³/mol. The maximum absolute atomic E-state index is 12.7. The van der Waals surface area contributed by atoms with E-state index in [9.17, 15) is 9.59 Å². The van der Waals surface area contributed by atoms with Gasteiger partial charge in [0, 0.05) is 16.2 Å². The van der Waals surface area contributed by atoms with Gasteiger partial charge in [-0.1, -0.05) is 72.8 Å². The molecule has 0 radical (unpaired) electrons. The Morgan fingerprint density at radius 3 is 1.53 bits per heavy atom. The summed E-state index contributed by atoms with van der Waals surface area (Å²) >= 11 is 0. The molecule has 0 fully saturated rings. The molecule has 36 heavy (non-hydrogen) atoms. The molecule has 0 aliphatic rings. The monoisotopic (exact) mass is 480 g/mol. The van der Waals surface area contributed by atoms with Crippen LogP contribution in [0.2, 0.25) is 0 Å². The molecule has 178 valence electrons. The van der Waals surface area contributed by atoms with Crippen molar-refractivity contribution in [2.45, 2.75) is 0 Å². The van der Waals surface area contributed by atoms with E-state index in [4.69, 9.17) is 23.7 Å². The first-order valence-corrected chi connectivity index (χ1v) is 11.0. The van der Waals surface area contributed by atoms with Gasteiger partial charge in [0.2, 0.25) is 0 Å². The number of carbonyl (C=O) groups is 2. The molecule has 5 aromatic carbocycles. The van der Waals surface area contributed by atoms with Gasteiger partial charge in [0.05, 0.1) is 12.5 Å². The Kier molecular flexibility index (Phi) is 6.36. The van der Waals surface area contributed by atoms with E-state index in [0.29, 0.717) is 38.8 Å². The number of methoxy groups -OCH3 is 1. The van der Waals surface area contributed by atoms with Gasteiger partial charge >= 0.3 is 12.3 Å². The largest absolute Gasteiger partial charge is 0.519 e. The first-order valence-electron chi connectivity index (χ1n) is 11.0. The molecule has 0 N–H and O–H groups in total. The Morgan fingerprint density at radius 2 is 0.972 bits per heavy atom. The van der Waals surface area contributed by atoms with E-state index in [1.807, 2.05) is 12.1 Å². The smallest absolute Gasteiger partial charge is 0.496 e. The highest BCUT2D eigenvalue weighted by atomic mass is 16.7. The topological polar surface area (TPSA) is 80.3 Å². The Hall–Kier alpha value is -5.04. The number of hydrogen-bond acceptors (Lipinski definition) is 7. The van der Waals surface area contributed by atoms with Gasteiger partial charge in [0.25, 0.3) is 0 Å². The summed E-state index contributed by atoms with van der Waals surface area (Å²) in [5.74, 6) is 1.55. The minimum Gasteiger partial charge on any atom is -0.496 e. The fraction of sp³-hybridized carbons (Fsp3) is 0.0345. The van der Waals surface area contributed by atoms with Gasteiger partial charge in [-0.05, 0) is 30.3 Å². The van der Waals surface area contributed by atoms with Crippen LogP contribution in [0.4, 0.5) is 9.59 Å². The van der Waals surface area contributed by atoms with Crippen molar-refractivity contribution < 1.29 is 33.3 Å². The van der Waals surface area contributed by atoms with Crippen LogP contribution >= 0.6 is 0 Å². The average Bonchev–Trinajstić information content (AvgIpc) is 2.91. The molecule has 0 unspecified atom stereocenters. The van der Waals surface area contributed by atoms with Crippen LogP contribution in [-0.2, 0) is 0 Å². The van der Waals surface area contributed by atoms with Crippen molar-refractivity contribution in [1.82, 2.24) is 0 Å². The highest BCUT2D eigenvalue weighted by Gasteiger charge is 2.24. The van der Waals surface area contributed by atoms with Gasteiger partial charge in [0.15, 0.2) is 11.5 Å². The molecule has 0 atom stereocenters. The van der Waals surface area contributed by atoms with Gasteiger partial charge in [-0.25, -0.2) is 9.59 Å². The number of ether oxygens (including phenoxy) is 5. The van der Waals surface area contributed by atoms with Crippen LogP contribution in [0.15, 0.2) is 103 Å². The summed E-state index contributed by atoms with van der Waals surface area (Å²) in [4.78, 5) is 25.5. The van der Waals surface area contributed by atoms with Crippen LogP contribution in [0.5, 0.6) is 28.7 Å².